The Morgan fingerprint density at radius 1 is 1.22 bits per heavy atom. The average molecular weight is 316 g/mol. The summed E-state index contributed by atoms with van der Waals surface area (Å²) in [7, 11) is -0.532. The molecule has 3 aliphatic rings. The molecule has 2 saturated heterocycles. The fraction of sp³-hybridized carbons (Fsp3) is 0.667. The van der Waals surface area contributed by atoms with Crippen LogP contribution < -0.4 is 0 Å². The van der Waals surface area contributed by atoms with Gasteiger partial charge >= 0.3 is 7.05 Å². The van der Waals surface area contributed by atoms with Gasteiger partial charge < -0.3 is 9.83 Å². The number of hydrogen-bond donors (Lipinski definition) is 1. The maximum atomic E-state index is 15.3. The standard InChI is InChI=1S/C18H26BFN2O/c1-19(23)22-15-9-10-16(22)18(20)17(11-15)21(14-7-8-14)12-13-5-3-2-4-6-13/h2-6,14-18,23H,7-12H2,1H3/t15?,16?,17-,18+/m1/s1. The molecule has 4 atom stereocenters. The predicted molar refractivity (Wildman–Crippen MR) is 90.8 cm³/mol. The van der Waals surface area contributed by atoms with Crippen LogP contribution in [0.15, 0.2) is 30.3 Å². The molecule has 2 bridgehead atoms. The Balaban J connectivity index is 1.54. The summed E-state index contributed by atoms with van der Waals surface area (Å²) >= 11 is 0. The van der Waals surface area contributed by atoms with Crippen molar-refractivity contribution in [2.45, 2.75) is 75.8 Å². The lowest BCUT2D eigenvalue weighted by atomic mass is 9.77. The molecule has 3 fully saturated rings. The Hall–Kier alpha value is -0.905. The van der Waals surface area contributed by atoms with Crippen molar-refractivity contribution in [3.63, 3.8) is 0 Å². The van der Waals surface area contributed by atoms with Gasteiger partial charge in [0.2, 0.25) is 0 Å². The van der Waals surface area contributed by atoms with Crippen molar-refractivity contribution in [2.24, 2.45) is 0 Å². The minimum Gasteiger partial charge on any atom is -0.437 e. The largest absolute Gasteiger partial charge is 0.437 e. The normalized spacial score (nSPS) is 34.1. The molecule has 1 aromatic rings. The number of hydrogen-bond acceptors (Lipinski definition) is 3. The molecule has 1 N–H and O–H groups in total. The van der Waals surface area contributed by atoms with Gasteiger partial charge in [-0.2, -0.15) is 0 Å². The van der Waals surface area contributed by atoms with Gasteiger partial charge in [0.25, 0.3) is 0 Å². The minimum atomic E-state index is -0.854. The number of piperidine rings is 1. The van der Waals surface area contributed by atoms with Gasteiger partial charge in [-0.05, 0) is 44.5 Å². The molecule has 1 aromatic carbocycles. The highest BCUT2D eigenvalue weighted by Gasteiger charge is 2.52. The lowest BCUT2D eigenvalue weighted by molar-refractivity contribution is 0.00884. The summed E-state index contributed by atoms with van der Waals surface area (Å²) in [4.78, 5) is 4.44. The number of benzene rings is 1. The quantitative estimate of drug-likeness (QED) is 0.846. The van der Waals surface area contributed by atoms with E-state index in [1.165, 1.54) is 18.4 Å². The maximum absolute atomic E-state index is 15.3. The second kappa shape index (κ2) is 6.19. The number of halogens is 1. The van der Waals surface area contributed by atoms with Crippen LogP contribution in [0, 0.1) is 0 Å². The Labute approximate surface area is 138 Å². The molecular weight excluding hydrogens is 290 g/mol. The van der Waals surface area contributed by atoms with Gasteiger partial charge in [0.05, 0.1) is 0 Å². The monoisotopic (exact) mass is 316 g/mol. The predicted octanol–water partition coefficient (Wildman–Crippen LogP) is 2.70. The average Bonchev–Trinajstić information content (AvgIpc) is 3.32. The highest BCUT2D eigenvalue weighted by molar-refractivity contribution is 6.45. The van der Waals surface area contributed by atoms with E-state index in [1.807, 2.05) is 10.9 Å². The fourth-order valence-electron chi connectivity index (χ4n) is 4.78. The summed E-state index contributed by atoms with van der Waals surface area (Å²) in [6, 6.07) is 11.2. The van der Waals surface area contributed by atoms with Crippen LogP contribution in [0.3, 0.4) is 0 Å². The van der Waals surface area contributed by atoms with Crippen LogP contribution in [0.1, 0.15) is 37.7 Å². The van der Waals surface area contributed by atoms with E-state index in [0.29, 0.717) is 12.1 Å². The van der Waals surface area contributed by atoms with Crippen molar-refractivity contribution >= 4 is 7.05 Å². The van der Waals surface area contributed by atoms with E-state index in [9.17, 15) is 5.02 Å². The SMILES string of the molecule is CB(O)N1C2CCC1[C@H](F)[C@H](N(Cc1ccccc1)C1CC1)C2. The van der Waals surface area contributed by atoms with E-state index in [4.69, 9.17) is 0 Å². The molecule has 4 rings (SSSR count). The van der Waals surface area contributed by atoms with E-state index >= 15 is 4.39 Å². The number of alkyl halides is 1. The van der Waals surface area contributed by atoms with Crippen LogP contribution in [-0.4, -0.2) is 52.1 Å². The summed E-state index contributed by atoms with van der Waals surface area (Å²) < 4.78 is 15.3. The fourth-order valence-corrected chi connectivity index (χ4v) is 4.78. The van der Waals surface area contributed by atoms with Gasteiger partial charge in [0, 0.05) is 30.7 Å². The third-order valence-electron chi connectivity index (χ3n) is 5.93. The molecule has 0 amide bonds. The van der Waals surface area contributed by atoms with Crippen LogP contribution in [0.25, 0.3) is 0 Å². The van der Waals surface area contributed by atoms with Crippen LogP contribution in [0.4, 0.5) is 4.39 Å². The van der Waals surface area contributed by atoms with Crippen molar-refractivity contribution in [2.75, 3.05) is 0 Å². The molecule has 5 heteroatoms. The topological polar surface area (TPSA) is 26.7 Å². The Kier molecular flexibility index (Phi) is 4.20. The van der Waals surface area contributed by atoms with Crippen LogP contribution in [0.5, 0.6) is 0 Å². The third-order valence-corrected chi connectivity index (χ3v) is 5.93. The summed E-state index contributed by atoms with van der Waals surface area (Å²) in [5, 5.41) is 10.0. The molecule has 23 heavy (non-hydrogen) atoms. The second-order valence-corrected chi connectivity index (χ2v) is 7.51. The Bertz CT molecular complexity index is 539. The summed E-state index contributed by atoms with van der Waals surface area (Å²) in [5.41, 5.74) is 1.27. The zero-order valence-corrected chi connectivity index (χ0v) is 13.8. The molecule has 0 spiro atoms. The van der Waals surface area contributed by atoms with Crippen LogP contribution >= 0.6 is 0 Å². The second-order valence-electron chi connectivity index (χ2n) is 7.51. The van der Waals surface area contributed by atoms with Gasteiger partial charge in [0.15, 0.2) is 0 Å². The summed E-state index contributed by atoms with van der Waals surface area (Å²) in [6.45, 7) is 2.63. The zero-order valence-electron chi connectivity index (χ0n) is 13.8. The van der Waals surface area contributed by atoms with Crippen molar-refractivity contribution in [3.05, 3.63) is 35.9 Å². The van der Waals surface area contributed by atoms with E-state index in [-0.39, 0.29) is 12.1 Å². The van der Waals surface area contributed by atoms with Gasteiger partial charge in [0.1, 0.15) is 6.17 Å². The van der Waals surface area contributed by atoms with E-state index in [2.05, 4.69) is 29.2 Å². The number of fused-ring (bicyclic) bond motifs is 2. The van der Waals surface area contributed by atoms with E-state index < -0.39 is 13.2 Å². The smallest absolute Gasteiger partial charge is 0.376 e. The number of rotatable bonds is 5. The lowest BCUT2D eigenvalue weighted by Crippen LogP contribution is -2.61. The molecule has 2 heterocycles. The van der Waals surface area contributed by atoms with E-state index in [1.54, 1.807) is 6.82 Å². The Morgan fingerprint density at radius 3 is 2.61 bits per heavy atom. The molecule has 0 aromatic heterocycles. The minimum absolute atomic E-state index is 0.00945. The third kappa shape index (κ3) is 2.95. The number of nitrogens with zero attached hydrogens (tertiary/aromatic N) is 2. The Morgan fingerprint density at radius 2 is 1.96 bits per heavy atom. The van der Waals surface area contributed by atoms with Gasteiger partial charge in [-0.1, -0.05) is 30.3 Å². The molecule has 124 valence electrons. The molecule has 2 aliphatic heterocycles. The lowest BCUT2D eigenvalue weighted by Gasteiger charge is -2.46. The highest BCUT2D eigenvalue weighted by atomic mass is 19.1. The van der Waals surface area contributed by atoms with Gasteiger partial charge in [-0.3, -0.25) is 4.90 Å². The van der Waals surface area contributed by atoms with Crippen molar-refractivity contribution in [1.82, 2.24) is 9.71 Å². The summed E-state index contributed by atoms with van der Waals surface area (Å²) in [5.74, 6) is 0. The van der Waals surface area contributed by atoms with Crippen molar-refractivity contribution in [3.8, 4) is 0 Å². The molecule has 1 aliphatic carbocycles. The first kappa shape index (κ1) is 15.6. The van der Waals surface area contributed by atoms with Gasteiger partial charge in [-0.25, -0.2) is 4.39 Å². The van der Waals surface area contributed by atoms with Crippen LogP contribution in [0.2, 0.25) is 6.82 Å². The molecule has 1 saturated carbocycles. The van der Waals surface area contributed by atoms with Crippen molar-refractivity contribution in [1.29, 1.82) is 0 Å². The molecule has 2 unspecified atom stereocenters. The first-order valence-electron chi connectivity index (χ1n) is 9.04. The molecule has 3 nitrogen and oxygen atoms in total. The first-order chi connectivity index (χ1) is 11.1. The zero-order chi connectivity index (χ0) is 16.0. The maximum Gasteiger partial charge on any atom is 0.376 e. The summed E-state index contributed by atoms with van der Waals surface area (Å²) in [6.07, 6.45) is 4.31. The van der Waals surface area contributed by atoms with Gasteiger partial charge in [-0.15, -0.1) is 0 Å². The van der Waals surface area contributed by atoms with Crippen molar-refractivity contribution < 1.29 is 9.41 Å². The highest BCUT2D eigenvalue weighted by Crippen LogP contribution is 2.43. The molecular formula is C18H26BFN2O. The molecule has 0 radical (unpaired) electrons. The van der Waals surface area contributed by atoms with E-state index in [0.717, 1.165) is 25.8 Å². The first-order valence-corrected chi connectivity index (χ1v) is 9.04. The van der Waals surface area contributed by atoms with Crippen LogP contribution in [-0.2, 0) is 6.54 Å².